The molecule has 0 spiro atoms. The summed E-state index contributed by atoms with van der Waals surface area (Å²) in [6.45, 7) is 10.1. The summed E-state index contributed by atoms with van der Waals surface area (Å²) < 4.78 is 5.01. The maximum atomic E-state index is 5.94. The summed E-state index contributed by atoms with van der Waals surface area (Å²) in [6.07, 6.45) is 0. The molecule has 1 aromatic rings. The minimum absolute atomic E-state index is 0.263. The number of hydrogen-bond acceptors (Lipinski definition) is 4. The molecule has 5 heteroatoms. The van der Waals surface area contributed by atoms with E-state index in [2.05, 4.69) is 43.0 Å². The van der Waals surface area contributed by atoms with Crippen LogP contribution in [0, 0.1) is 11.3 Å². The van der Waals surface area contributed by atoms with Crippen LogP contribution in [-0.2, 0) is 11.3 Å². The van der Waals surface area contributed by atoms with Crippen molar-refractivity contribution in [2.45, 2.75) is 34.3 Å². The third-order valence-corrected chi connectivity index (χ3v) is 3.28. The van der Waals surface area contributed by atoms with E-state index in [9.17, 15) is 0 Å². The van der Waals surface area contributed by atoms with Crippen molar-refractivity contribution in [3.8, 4) is 0 Å². The van der Waals surface area contributed by atoms with Gasteiger partial charge in [-0.05, 0) is 11.3 Å². The Morgan fingerprint density at radius 2 is 2.06 bits per heavy atom. The highest BCUT2D eigenvalue weighted by Crippen LogP contribution is 2.25. The second kappa shape index (κ2) is 6.34. The molecule has 0 bridgehead atoms. The van der Waals surface area contributed by atoms with Gasteiger partial charge in [0.25, 0.3) is 0 Å². The normalized spacial score (nSPS) is 13.4. The van der Waals surface area contributed by atoms with Gasteiger partial charge in [-0.15, -0.1) is 0 Å². The average Bonchev–Trinajstić information content (AvgIpc) is 2.24. The Morgan fingerprint density at radius 1 is 1.39 bits per heavy atom. The summed E-state index contributed by atoms with van der Waals surface area (Å²) in [5.74, 6) is 1.87. The van der Waals surface area contributed by atoms with Gasteiger partial charge in [0.1, 0.15) is 17.6 Å². The van der Waals surface area contributed by atoms with Gasteiger partial charge in [-0.25, -0.2) is 9.97 Å². The monoisotopic (exact) mass is 271 g/mol. The molecule has 4 nitrogen and oxygen atoms in total. The molecule has 1 N–H and O–H groups in total. The molecule has 0 aliphatic carbocycles. The Morgan fingerprint density at radius 3 is 2.61 bits per heavy atom. The second-order valence-electron chi connectivity index (χ2n) is 5.57. The Kier molecular flexibility index (Phi) is 5.35. The van der Waals surface area contributed by atoms with E-state index in [1.807, 2.05) is 0 Å². The lowest BCUT2D eigenvalue weighted by atomic mass is 9.82. The van der Waals surface area contributed by atoms with Crippen molar-refractivity contribution < 1.29 is 4.74 Å². The van der Waals surface area contributed by atoms with E-state index in [-0.39, 0.29) is 5.41 Å². The number of ether oxygens (including phenoxy) is 1. The van der Waals surface area contributed by atoms with Gasteiger partial charge in [0.2, 0.25) is 0 Å². The van der Waals surface area contributed by atoms with Gasteiger partial charge in [0, 0.05) is 19.7 Å². The van der Waals surface area contributed by atoms with Crippen LogP contribution in [0.15, 0.2) is 6.07 Å². The first-order chi connectivity index (χ1) is 8.32. The number of nitrogens with zero attached hydrogens (tertiary/aromatic N) is 2. The van der Waals surface area contributed by atoms with Crippen LogP contribution in [0.25, 0.3) is 0 Å². The smallest absolute Gasteiger partial charge is 0.158 e. The number of halogens is 1. The van der Waals surface area contributed by atoms with Gasteiger partial charge in [-0.1, -0.05) is 39.3 Å². The molecule has 0 aliphatic rings. The molecule has 1 aromatic heterocycles. The Balaban J connectivity index is 2.67. The van der Waals surface area contributed by atoms with Crippen molar-refractivity contribution in [2.24, 2.45) is 11.3 Å². The van der Waals surface area contributed by atoms with Gasteiger partial charge in [-0.3, -0.25) is 0 Å². The Hall–Kier alpha value is -0.870. The number of aromatic nitrogens is 2. The molecule has 102 valence electrons. The van der Waals surface area contributed by atoms with Crippen molar-refractivity contribution in [1.29, 1.82) is 0 Å². The van der Waals surface area contributed by atoms with Gasteiger partial charge < -0.3 is 10.1 Å². The fourth-order valence-electron chi connectivity index (χ4n) is 1.31. The van der Waals surface area contributed by atoms with E-state index >= 15 is 0 Å². The zero-order valence-corrected chi connectivity index (χ0v) is 12.5. The molecule has 1 unspecified atom stereocenters. The summed E-state index contributed by atoms with van der Waals surface area (Å²) >= 11 is 5.94. The van der Waals surface area contributed by atoms with Crippen LogP contribution in [0.1, 0.15) is 33.5 Å². The number of anilines is 1. The molecule has 0 amide bonds. The van der Waals surface area contributed by atoms with Crippen molar-refractivity contribution >= 4 is 17.4 Å². The minimum Gasteiger partial charge on any atom is -0.377 e. The van der Waals surface area contributed by atoms with Crippen molar-refractivity contribution in [3.63, 3.8) is 0 Å². The third-order valence-electron chi connectivity index (χ3n) is 3.08. The number of methoxy groups -OCH3 is 1. The third kappa shape index (κ3) is 4.78. The zero-order valence-electron chi connectivity index (χ0n) is 11.7. The number of hydrogen-bond donors (Lipinski definition) is 1. The molecule has 0 fully saturated rings. The molecule has 0 saturated heterocycles. The lowest BCUT2D eigenvalue weighted by Crippen LogP contribution is -2.25. The predicted molar refractivity (Wildman–Crippen MR) is 74.9 cm³/mol. The summed E-state index contributed by atoms with van der Waals surface area (Å²) in [5, 5.41) is 3.73. The van der Waals surface area contributed by atoms with Crippen molar-refractivity contribution in [2.75, 3.05) is 19.0 Å². The molecule has 1 atom stereocenters. The maximum Gasteiger partial charge on any atom is 0.158 e. The lowest BCUT2D eigenvalue weighted by Gasteiger charge is -2.27. The number of nitrogens with one attached hydrogen (secondary N) is 1. The molecular weight excluding hydrogens is 250 g/mol. The van der Waals surface area contributed by atoms with E-state index in [1.54, 1.807) is 13.2 Å². The molecule has 0 aliphatic heterocycles. The van der Waals surface area contributed by atoms with Crippen molar-refractivity contribution in [1.82, 2.24) is 9.97 Å². The van der Waals surface area contributed by atoms with Crippen molar-refractivity contribution in [3.05, 3.63) is 17.0 Å². The van der Waals surface area contributed by atoms with Gasteiger partial charge >= 0.3 is 0 Å². The van der Waals surface area contributed by atoms with E-state index in [0.29, 0.717) is 23.5 Å². The van der Waals surface area contributed by atoms with Crippen LogP contribution in [0.5, 0.6) is 0 Å². The minimum atomic E-state index is 0.263. The molecule has 0 radical (unpaired) electrons. The SMILES string of the molecule is COCc1nc(Cl)cc(NCC(C)C(C)(C)C)n1. The highest BCUT2D eigenvalue weighted by molar-refractivity contribution is 6.29. The Bertz CT molecular complexity index is 390. The van der Waals surface area contributed by atoms with Crippen LogP contribution in [0.4, 0.5) is 5.82 Å². The van der Waals surface area contributed by atoms with Crippen LogP contribution in [0.3, 0.4) is 0 Å². The quantitative estimate of drug-likeness (QED) is 0.834. The average molecular weight is 272 g/mol. The number of rotatable bonds is 5. The van der Waals surface area contributed by atoms with Crippen LogP contribution in [-0.4, -0.2) is 23.6 Å². The maximum absolute atomic E-state index is 5.94. The first-order valence-corrected chi connectivity index (χ1v) is 6.47. The van der Waals surface area contributed by atoms with Crippen LogP contribution in [0.2, 0.25) is 5.15 Å². The van der Waals surface area contributed by atoms with Gasteiger partial charge in [-0.2, -0.15) is 0 Å². The summed E-state index contributed by atoms with van der Waals surface area (Å²) in [6, 6.07) is 1.73. The first-order valence-electron chi connectivity index (χ1n) is 6.09. The largest absolute Gasteiger partial charge is 0.377 e. The highest BCUT2D eigenvalue weighted by atomic mass is 35.5. The summed E-state index contributed by atoms with van der Waals surface area (Å²) in [7, 11) is 1.61. The molecule has 0 saturated carbocycles. The van der Waals surface area contributed by atoms with Crippen LogP contribution < -0.4 is 5.32 Å². The molecule has 1 heterocycles. The van der Waals surface area contributed by atoms with Gasteiger partial charge in [0.05, 0.1) is 0 Å². The molecular formula is C13H22ClN3O. The fourth-order valence-corrected chi connectivity index (χ4v) is 1.51. The molecule has 0 aromatic carbocycles. The van der Waals surface area contributed by atoms with Gasteiger partial charge in [0.15, 0.2) is 5.82 Å². The fraction of sp³-hybridized carbons (Fsp3) is 0.692. The van der Waals surface area contributed by atoms with E-state index in [4.69, 9.17) is 16.3 Å². The predicted octanol–water partition coefficient (Wildman–Crippen LogP) is 3.37. The highest BCUT2D eigenvalue weighted by Gasteiger charge is 2.19. The molecule has 18 heavy (non-hydrogen) atoms. The summed E-state index contributed by atoms with van der Waals surface area (Å²) in [5.41, 5.74) is 0.263. The van der Waals surface area contributed by atoms with E-state index in [0.717, 1.165) is 12.4 Å². The Labute approximate surface area is 114 Å². The molecule has 1 rings (SSSR count). The standard InChI is InChI=1S/C13H22ClN3O/c1-9(13(2,3)4)7-15-11-6-10(14)16-12(17-11)8-18-5/h6,9H,7-8H2,1-5H3,(H,15,16,17). The lowest BCUT2D eigenvalue weighted by molar-refractivity contribution is 0.178. The van der Waals surface area contributed by atoms with Crippen LogP contribution >= 0.6 is 11.6 Å². The second-order valence-corrected chi connectivity index (χ2v) is 5.96. The first kappa shape index (κ1) is 15.2. The zero-order chi connectivity index (χ0) is 13.8. The topological polar surface area (TPSA) is 47.0 Å². The van der Waals surface area contributed by atoms with E-state index < -0.39 is 0 Å². The summed E-state index contributed by atoms with van der Waals surface area (Å²) in [4.78, 5) is 8.43. The van der Waals surface area contributed by atoms with E-state index in [1.165, 1.54) is 0 Å².